The van der Waals surface area contributed by atoms with E-state index in [-0.39, 0.29) is 11.9 Å². The third-order valence-corrected chi connectivity index (χ3v) is 4.84. The van der Waals surface area contributed by atoms with Crippen molar-refractivity contribution in [2.45, 2.75) is 52.1 Å². The molecule has 106 valence electrons. The number of piperidine rings is 1. The molecule has 0 radical (unpaired) electrons. The van der Waals surface area contributed by atoms with Crippen molar-refractivity contribution in [3.63, 3.8) is 0 Å². The van der Waals surface area contributed by atoms with E-state index in [4.69, 9.17) is 0 Å². The first-order chi connectivity index (χ1) is 8.23. The molecule has 1 heterocycles. The van der Waals surface area contributed by atoms with Gasteiger partial charge in [0.1, 0.15) is 6.04 Å². The summed E-state index contributed by atoms with van der Waals surface area (Å²) in [6.07, 6.45) is 3.52. The third-order valence-electron chi connectivity index (χ3n) is 3.55. The van der Waals surface area contributed by atoms with E-state index in [0.29, 0.717) is 18.9 Å². The highest BCUT2D eigenvalue weighted by Gasteiger charge is 2.34. The summed E-state index contributed by atoms with van der Waals surface area (Å²) in [4.78, 5) is 12.2. The minimum absolute atomic E-state index is 0.0563. The van der Waals surface area contributed by atoms with Crippen LogP contribution < -0.4 is 5.32 Å². The Kier molecular flexibility index (Phi) is 5.16. The van der Waals surface area contributed by atoms with Gasteiger partial charge in [0, 0.05) is 12.6 Å². The Morgan fingerprint density at radius 3 is 2.39 bits per heavy atom. The highest BCUT2D eigenvalue weighted by molar-refractivity contribution is 7.88. The van der Waals surface area contributed by atoms with E-state index in [1.165, 1.54) is 10.6 Å². The van der Waals surface area contributed by atoms with Gasteiger partial charge in [-0.05, 0) is 25.7 Å². The average Bonchev–Trinajstić information content (AvgIpc) is 2.27. The Labute approximate surface area is 110 Å². The van der Waals surface area contributed by atoms with Crippen LogP contribution >= 0.6 is 0 Å². The minimum Gasteiger partial charge on any atom is -0.352 e. The fourth-order valence-corrected chi connectivity index (χ4v) is 3.18. The predicted molar refractivity (Wildman–Crippen MR) is 71.6 cm³/mol. The fourth-order valence-electron chi connectivity index (χ4n) is 2.05. The Morgan fingerprint density at radius 2 is 1.89 bits per heavy atom. The second kappa shape index (κ2) is 6.02. The summed E-state index contributed by atoms with van der Waals surface area (Å²) >= 11 is 0. The van der Waals surface area contributed by atoms with Crippen LogP contribution in [-0.4, -0.2) is 43.5 Å². The summed E-state index contributed by atoms with van der Waals surface area (Å²) in [7, 11) is -3.30. The van der Waals surface area contributed by atoms with Crippen LogP contribution in [0.1, 0.15) is 40.0 Å². The number of nitrogens with one attached hydrogen (secondary N) is 1. The molecule has 0 aliphatic carbocycles. The number of amides is 1. The highest BCUT2D eigenvalue weighted by Crippen LogP contribution is 2.20. The lowest BCUT2D eigenvalue weighted by Crippen LogP contribution is -2.53. The lowest BCUT2D eigenvalue weighted by atomic mass is 10.0. The summed E-state index contributed by atoms with van der Waals surface area (Å²) in [5.74, 6) is 0.172. The van der Waals surface area contributed by atoms with Crippen molar-refractivity contribution in [3.05, 3.63) is 0 Å². The average molecular weight is 276 g/mol. The first kappa shape index (κ1) is 15.4. The van der Waals surface area contributed by atoms with Crippen LogP contribution in [0.3, 0.4) is 0 Å². The van der Waals surface area contributed by atoms with Gasteiger partial charge >= 0.3 is 0 Å². The molecule has 0 spiro atoms. The molecule has 1 N–H and O–H groups in total. The SMILES string of the molecule is CC(C)C(C)NC(=O)C1CCCCN1S(C)(=O)=O. The molecule has 1 rings (SSSR count). The Balaban J connectivity index is 2.75. The molecule has 1 amide bonds. The molecule has 6 heteroatoms. The summed E-state index contributed by atoms with van der Waals surface area (Å²) in [6.45, 7) is 6.45. The monoisotopic (exact) mass is 276 g/mol. The van der Waals surface area contributed by atoms with Gasteiger partial charge in [0.2, 0.25) is 15.9 Å². The molecule has 1 aliphatic rings. The van der Waals surface area contributed by atoms with E-state index in [1.54, 1.807) is 0 Å². The van der Waals surface area contributed by atoms with Gasteiger partial charge in [-0.2, -0.15) is 4.31 Å². The quantitative estimate of drug-likeness (QED) is 0.831. The summed E-state index contributed by atoms with van der Waals surface area (Å²) in [5.41, 5.74) is 0. The van der Waals surface area contributed by atoms with Crippen molar-refractivity contribution in [3.8, 4) is 0 Å². The Morgan fingerprint density at radius 1 is 1.28 bits per heavy atom. The van der Waals surface area contributed by atoms with Crippen LogP contribution in [0.25, 0.3) is 0 Å². The van der Waals surface area contributed by atoms with Crippen LogP contribution in [0.2, 0.25) is 0 Å². The van der Waals surface area contributed by atoms with E-state index in [2.05, 4.69) is 5.32 Å². The smallest absolute Gasteiger partial charge is 0.238 e. The molecule has 0 saturated carbocycles. The first-order valence-corrected chi connectivity index (χ1v) is 8.35. The molecule has 0 aromatic carbocycles. The van der Waals surface area contributed by atoms with Gasteiger partial charge in [0.05, 0.1) is 6.26 Å². The molecule has 2 atom stereocenters. The Bertz CT molecular complexity index is 392. The van der Waals surface area contributed by atoms with Crippen molar-refractivity contribution < 1.29 is 13.2 Å². The van der Waals surface area contributed by atoms with E-state index < -0.39 is 16.1 Å². The molecule has 0 aromatic heterocycles. The van der Waals surface area contributed by atoms with Gasteiger partial charge in [-0.25, -0.2) is 8.42 Å². The van der Waals surface area contributed by atoms with Crippen molar-refractivity contribution >= 4 is 15.9 Å². The van der Waals surface area contributed by atoms with Crippen molar-refractivity contribution in [1.82, 2.24) is 9.62 Å². The van der Waals surface area contributed by atoms with Gasteiger partial charge < -0.3 is 5.32 Å². The minimum atomic E-state index is -3.30. The van der Waals surface area contributed by atoms with Crippen molar-refractivity contribution in [1.29, 1.82) is 0 Å². The second-order valence-electron chi connectivity index (χ2n) is 5.43. The van der Waals surface area contributed by atoms with Crippen molar-refractivity contribution in [2.75, 3.05) is 12.8 Å². The molecule has 0 bridgehead atoms. The maximum Gasteiger partial charge on any atom is 0.238 e. The third kappa shape index (κ3) is 3.95. The molecule has 1 fully saturated rings. The molecule has 1 aliphatic heterocycles. The maximum absolute atomic E-state index is 12.2. The number of hydrogen-bond donors (Lipinski definition) is 1. The number of hydrogen-bond acceptors (Lipinski definition) is 3. The molecular weight excluding hydrogens is 252 g/mol. The Hall–Kier alpha value is -0.620. The van der Waals surface area contributed by atoms with E-state index in [9.17, 15) is 13.2 Å². The van der Waals surface area contributed by atoms with E-state index in [0.717, 1.165) is 12.8 Å². The fraction of sp³-hybridized carbons (Fsp3) is 0.917. The van der Waals surface area contributed by atoms with Gasteiger partial charge in [0.15, 0.2) is 0 Å². The van der Waals surface area contributed by atoms with Crippen LogP contribution in [0.15, 0.2) is 0 Å². The molecule has 18 heavy (non-hydrogen) atoms. The number of nitrogens with zero attached hydrogens (tertiary/aromatic N) is 1. The van der Waals surface area contributed by atoms with Crippen LogP contribution in [0.5, 0.6) is 0 Å². The molecular formula is C12H24N2O3S. The predicted octanol–water partition coefficient (Wildman–Crippen LogP) is 0.961. The largest absolute Gasteiger partial charge is 0.352 e. The number of rotatable bonds is 4. The van der Waals surface area contributed by atoms with Crippen LogP contribution in [0.4, 0.5) is 0 Å². The standard InChI is InChI=1S/C12H24N2O3S/c1-9(2)10(3)13-12(15)11-7-5-6-8-14(11)18(4,16)17/h9-11H,5-8H2,1-4H3,(H,13,15). The lowest BCUT2D eigenvalue weighted by molar-refractivity contribution is -0.126. The molecule has 1 saturated heterocycles. The zero-order chi connectivity index (χ0) is 13.9. The molecule has 0 aromatic rings. The van der Waals surface area contributed by atoms with Gasteiger partial charge in [0.25, 0.3) is 0 Å². The van der Waals surface area contributed by atoms with Gasteiger partial charge in [-0.1, -0.05) is 20.3 Å². The molecule has 2 unspecified atom stereocenters. The molecule has 5 nitrogen and oxygen atoms in total. The van der Waals surface area contributed by atoms with Gasteiger partial charge in [-0.15, -0.1) is 0 Å². The number of carbonyl (C=O) groups is 1. The number of carbonyl (C=O) groups excluding carboxylic acids is 1. The van der Waals surface area contributed by atoms with Crippen molar-refractivity contribution in [2.24, 2.45) is 5.92 Å². The van der Waals surface area contributed by atoms with Gasteiger partial charge in [-0.3, -0.25) is 4.79 Å². The summed E-state index contributed by atoms with van der Waals surface area (Å²) in [5, 5.41) is 2.91. The zero-order valence-corrected chi connectivity index (χ0v) is 12.5. The summed E-state index contributed by atoms with van der Waals surface area (Å²) in [6, 6.07) is -0.476. The highest BCUT2D eigenvalue weighted by atomic mass is 32.2. The summed E-state index contributed by atoms with van der Waals surface area (Å²) < 4.78 is 24.7. The topological polar surface area (TPSA) is 66.5 Å². The number of sulfonamides is 1. The normalized spacial score (nSPS) is 23.9. The lowest BCUT2D eigenvalue weighted by Gasteiger charge is -2.33. The van der Waals surface area contributed by atoms with Crippen LogP contribution in [0, 0.1) is 5.92 Å². The van der Waals surface area contributed by atoms with Crippen LogP contribution in [-0.2, 0) is 14.8 Å². The second-order valence-corrected chi connectivity index (χ2v) is 7.36. The van der Waals surface area contributed by atoms with E-state index >= 15 is 0 Å². The van der Waals surface area contributed by atoms with E-state index in [1.807, 2.05) is 20.8 Å². The zero-order valence-electron chi connectivity index (χ0n) is 11.6. The maximum atomic E-state index is 12.2. The first-order valence-electron chi connectivity index (χ1n) is 6.50.